The van der Waals surface area contributed by atoms with Crippen LogP contribution < -0.4 is 5.32 Å². The van der Waals surface area contributed by atoms with Crippen molar-refractivity contribution in [3.05, 3.63) is 0 Å². The SMILES string of the molecule is CCCCSN(SCCCC)C(=O)NC(=NCCC)OC. The van der Waals surface area contributed by atoms with Crippen molar-refractivity contribution in [2.75, 3.05) is 25.2 Å². The van der Waals surface area contributed by atoms with E-state index in [2.05, 4.69) is 24.2 Å². The number of methoxy groups -OCH3 is 1. The van der Waals surface area contributed by atoms with E-state index >= 15 is 0 Å². The topological polar surface area (TPSA) is 53.9 Å². The number of aliphatic imine (C=N–C) groups is 1. The Hall–Kier alpha value is -0.560. The lowest BCUT2D eigenvalue weighted by Crippen LogP contribution is -2.37. The molecular formula is C14H29N3O2S2. The molecule has 0 radical (unpaired) electrons. The van der Waals surface area contributed by atoms with Gasteiger partial charge in [0.05, 0.1) is 7.11 Å². The van der Waals surface area contributed by atoms with Gasteiger partial charge in [0.2, 0.25) is 0 Å². The lowest BCUT2D eigenvalue weighted by atomic mass is 10.4. The molecule has 0 fully saturated rings. The average molecular weight is 336 g/mol. The Balaban J connectivity index is 4.44. The fraction of sp³-hybridized carbons (Fsp3) is 0.857. The number of rotatable bonds is 10. The van der Waals surface area contributed by atoms with Gasteiger partial charge >= 0.3 is 6.03 Å². The number of hydrogen-bond donors (Lipinski definition) is 1. The van der Waals surface area contributed by atoms with Crippen molar-refractivity contribution >= 4 is 35.9 Å². The second kappa shape index (κ2) is 14.4. The highest BCUT2D eigenvalue weighted by Crippen LogP contribution is 2.24. The molecule has 124 valence electrons. The first-order valence-electron chi connectivity index (χ1n) is 7.64. The van der Waals surface area contributed by atoms with Gasteiger partial charge in [-0.25, -0.2) is 13.5 Å². The molecule has 0 heterocycles. The average Bonchev–Trinajstić information content (AvgIpc) is 2.49. The minimum Gasteiger partial charge on any atom is -0.468 e. The summed E-state index contributed by atoms with van der Waals surface area (Å²) >= 11 is 3.11. The molecule has 1 N–H and O–H groups in total. The summed E-state index contributed by atoms with van der Waals surface area (Å²) in [6.45, 7) is 6.98. The first-order valence-corrected chi connectivity index (χ1v) is 9.53. The van der Waals surface area contributed by atoms with E-state index < -0.39 is 0 Å². The van der Waals surface area contributed by atoms with Gasteiger partial charge in [-0.05, 0) is 43.2 Å². The molecule has 0 aliphatic rings. The van der Waals surface area contributed by atoms with Gasteiger partial charge in [0.1, 0.15) is 0 Å². The second-order valence-corrected chi connectivity index (χ2v) is 6.75. The molecule has 0 aromatic carbocycles. The molecule has 0 atom stereocenters. The fourth-order valence-electron chi connectivity index (χ4n) is 1.24. The van der Waals surface area contributed by atoms with Crippen LogP contribution >= 0.6 is 23.9 Å². The van der Waals surface area contributed by atoms with Crippen LogP contribution in [0.4, 0.5) is 4.79 Å². The molecule has 0 aromatic rings. The molecule has 0 aliphatic heterocycles. The van der Waals surface area contributed by atoms with E-state index in [9.17, 15) is 4.79 Å². The molecule has 21 heavy (non-hydrogen) atoms. The number of carbonyl (C=O) groups excluding carboxylic acids is 1. The van der Waals surface area contributed by atoms with Gasteiger partial charge in [-0.3, -0.25) is 5.32 Å². The number of amidine groups is 1. The van der Waals surface area contributed by atoms with Crippen LogP contribution in [0, 0.1) is 0 Å². The number of nitrogens with one attached hydrogen (secondary N) is 1. The normalized spacial score (nSPS) is 11.3. The quantitative estimate of drug-likeness (QED) is 0.280. The number of ether oxygens (including phenoxy) is 1. The Bertz CT molecular complexity index is 292. The Morgan fingerprint density at radius 2 is 1.67 bits per heavy atom. The van der Waals surface area contributed by atoms with Gasteiger partial charge in [-0.2, -0.15) is 0 Å². The summed E-state index contributed by atoms with van der Waals surface area (Å²) in [6.07, 6.45) is 5.38. The summed E-state index contributed by atoms with van der Waals surface area (Å²) in [7, 11) is 1.52. The lowest BCUT2D eigenvalue weighted by molar-refractivity contribution is 0.240. The van der Waals surface area contributed by atoms with E-state index in [1.807, 2.05) is 6.92 Å². The van der Waals surface area contributed by atoms with Gasteiger partial charge in [0.25, 0.3) is 6.02 Å². The van der Waals surface area contributed by atoms with Crippen LogP contribution in [0.15, 0.2) is 4.99 Å². The monoisotopic (exact) mass is 335 g/mol. The maximum absolute atomic E-state index is 12.3. The number of hydrogen-bond acceptors (Lipinski definition) is 5. The maximum Gasteiger partial charge on any atom is 0.345 e. The van der Waals surface area contributed by atoms with E-state index in [0.29, 0.717) is 12.6 Å². The molecule has 0 unspecified atom stereocenters. The first-order chi connectivity index (χ1) is 10.2. The van der Waals surface area contributed by atoms with Crippen LogP contribution in [0.5, 0.6) is 0 Å². The van der Waals surface area contributed by atoms with E-state index in [1.54, 1.807) is 27.6 Å². The molecule has 0 saturated carbocycles. The zero-order valence-corrected chi connectivity index (χ0v) is 15.3. The molecule has 0 rings (SSSR count). The minimum absolute atomic E-state index is 0.172. The van der Waals surface area contributed by atoms with E-state index in [-0.39, 0.29) is 6.03 Å². The molecule has 0 bridgehead atoms. The first kappa shape index (κ1) is 20.4. The van der Waals surface area contributed by atoms with Crippen molar-refractivity contribution in [1.82, 2.24) is 9.03 Å². The predicted octanol–water partition coefficient (Wildman–Crippen LogP) is 4.31. The minimum atomic E-state index is -0.172. The molecule has 0 saturated heterocycles. The standard InChI is InChI=1S/C14H29N3O2S2/c1-5-8-11-20-17(21-12-9-6-2)14(18)16-13(19-4)15-10-7-3/h5-12H2,1-4H3,(H,15,16,18). The summed E-state index contributed by atoms with van der Waals surface area (Å²) in [5.41, 5.74) is 0. The van der Waals surface area contributed by atoms with E-state index in [4.69, 9.17) is 4.74 Å². The van der Waals surface area contributed by atoms with Crippen LogP contribution in [0.1, 0.15) is 52.9 Å². The maximum atomic E-state index is 12.3. The summed E-state index contributed by atoms with van der Waals surface area (Å²) < 4.78 is 6.81. The highest BCUT2D eigenvalue weighted by atomic mass is 32.2. The van der Waals surface area contributed by atoms with E-state index in [1.165, 1.54) is 7.11 Å². The Kier molecular flexibility index (Phi) is 14.0. The van der Waals surface area contributed by atoms with Gasteiger partial charge in [-0.15, -0.1) is 0 Å². The Labute approximate surface area is 137 Å². The number of amides is 2. The number of urea groups is 1. The van der Waals surface area contributed by atoms with Crippen molar-refractivity contribution in [2.24, 2.45) is 4.99 Å². The van der Waals surface area contributed by atoms with Crippen LogP contribution in [-0.4, -0.2) is 40.9 Å². The summed E-state index contributed by atoms with van der Waals surface area (Å²) in [6, 6.07) is 0.118. The van der Waals surface area contributed by atoms with Crippen molar-refractivity contribution in [1.29, 1.82) is 0 Å². The van der Waals surface area contributed by atoms with E-state index in [0.717, 1.165) is 43.6 Å². The molecule has 0 spiro atoms. The highest BCUT2D eigenvalue weighted by Gasteiger charge is 2.17. The Morgan fingerprint density at radius 1 is 1.10 bits per heavy atom. The third-order valence-electron chi connectivity index (χ3n) is 2.46. The third kappa shape index (κ3) is 10.8. The van der Waals surface area contributed by atoms with Crippen LogP contribution in [0.2, 0.25) is 0 Å². The zero-order chi connectivity index (χ0) is 15.9. The Morgan fingerprint density at radius 3 is 2.10 bits per heavy atom. The van der Waals surface area contributed by atoms with Crippen molar-refractivity contribution in [2.45, 2.75) is 52.9 Å². The van der Waals surface area contributed by atoms with Gasteiger partial charge < -0.3 is 4.74 Å². The van der Waals surface area contributed by atoms with Crippen LogP contribution in [0.3, 0.4) is 0 Å². The molecular weight excluding hydrogens is 306 g/mol. The third-order valence-corrected chi connectivity index (χ3v) is 4.84. The number of unbranched alkanes of at least 4 members (excludes halogenated alkanes) is 2. The van der Waals surface area contributed by atoms with Crippen LogP contribution in [0.25, 0.3) is 0 Å². The molecule has 0 aromatic heterocycles. The smallest absolute Gasteiger partial charge is 0.345 e. The fourth-order valence-corrected chi connectivity index (χ4v) is 3.48. The number of nitrogens with zero attached hydrogens (tertiary/aromatic N) is 2. The lowest BCUT2D eigenvalue weighted by Gasteiger charge is -2.20. The summed E-state index contributed by atoms with van der Waals surface area (Å²) in [4.78, 5) is 16.5. The van der Waals surface area contributed by atoms with Crippen molar-refractivity contribution < 1.29 is 9.53 Å². The van der Waals surface area contributed by atoms with Crippen molar-refractivity contribution in [3.63, 3.8) is 0 Å². The largest absolute Gasteiger partial charge is 0.468 e. The van der Waals surface area contributed by atoms with Gasteiger partial charge in [0.15, 0.2) is 0 Å². The molecule has 2 amide bonds. The van der Waals surface area contributed by atoms with Crippen molar-refractivity contribution in [3.8, 4) is 0 Å². The summed E-state index contributed by atoms with van der Waals surface area (Å²) in [5.74, 6) is 1.88. The predicted molar refractivity (Wildman–Crippen MR) is 94.7 cm³/mol. The molecule has 0 aliphatic carbocycles. The number of carbonyl (C=O) groups is 1. The van der Waals surface area contributed by atoms with Crippen LogP contribution in [-0.2, 0) is 4.74 Å². The summed E-state index contributed by atoms with van der Waals surface area (Å²) in [5, 5.41) is 2.73. The zero-order valence-electron chi connectivity index (χ0n) is 13.7. The van der Waals surface area contributed by atoms with Gasteiger partial charge in [0, 0.05) is 18.1 Å². The molecule has 7 heteroatoms. The second-order valence-electron chi connectivity index (χ2n) is 4.45. The van der Waals surface area contributed by atoms with Gasteiger partial charge in [-0.1, -0.05) is 33.6 Å². The molecule has 5 nitrogen and oxygen atoms in total. The highest BCUT2D eigenvalue weighted by molar-refractivity contribution is 8.12.